The zero-order chi connectivity index (χ0) is 17.7. The SMILES string of the molecule is O=C1c2oc3ccccc3c(=O)c2[C@H](c2ccccn2)N1c1nccs1. The topological polar surface area (TPSA) is 76.3 Å². The molecule has 1 aliphatic heterocycles. The summed E-state index contributed by atoms with van der Waals surface area (Å²) in [6, 6.07) is 11.7. The monoisotopic (exact) mass is 361 g/mol. The summed E-state index contributed by atoms with van der Waals surface area (Å²) in [5.74, 6) is -0.326. The molecule has 3 aromatic heterocycles. The van der Waals surface area contributed by atoms with Gasteiger partial charge in [-0.15, -0.1) is 11.3 Å². The van der Waals surface area contributed by atoms with Crippen LogP contribution in [0.1, 0.15) is 27.9 Å². The van der Waals surface area contributed by atoms with Crippen LogP contribution in [-0.4, -0.2) is 15.9 Å². The van der Waals surface area contributed by atoms with Crippen LogP contribution >= 0.6 is 11.3 Å². The second-order valence-electron chi connectivity index (χ2n) is 5.82. The van der Waals surface area contributed by atoms with Gasteiger partial charge in [0.15, 0.2) is 10.6 Å². The number of benzene rings is 1. The molecule has 0 saturated carbocycles. The van der Waals surface area contributed by atoms with Gasteiger partial charge in [-0.25, -0.2) is 4.98 Å². The van der Waals surface area contributed by atoms with Gasteiger partial charge in [-0.1, -0.05) is 18.2 Å². The molecule has 6 nitrogen and oxygen atoms in total. The van der Waals surface area contributed by atoms with Gasteiger partial charge in [0, 0.05) is 17.8 Å². The van der Waals surface area contributed by atoms with Crippen LogP contribution in [0, 0.1) is 0 Å². The number of hydrogen-bond acceptors (Lipinski definition) is 6. The Morgan fingerprint density at radius 1 is 1.00 bits per heavy atom. The number of carbonyl (C=O) groups excluding carboxylic acids is 1. The number of thiazole rings is 1. The number of pyridine rings is 1. The fraction of sp³-hybridized carbons (Fsp3) is 0.0526. The van der Waals surface area contributed by atoms with Crippen LogP contribution in [0.2, 0.25) is 0 Å². The lowest BCUT2D eigenvalue weighted by Crippen LogP contribution is -2.29. The lowest BCUT2D eigenvalue weighted by atomic mass is 10.0. The van der Waals surface area contributed by atoms with E-state index in [4.69, 9.17) is 4.42 Å². The van der Waals surface area contributed by atoms with Crippen molar-refractivity contribution in [3.8, 4) is 0 Å². The second kappa shape index (κ2) is 5.60. The molecule has 0 saturated heterocycles. The van der Waals surface area contributed by atoms with Crippen LogP contribution in [-0.2, 0) is 0 Å². The zero-order valence-electron chi connectivity index (χ0n) is 13.3. The van der Waals surface area contributed by atoms with Gasteiger partial charge in [0.25, 0.3) is 5.91 Å². The minimum Gasteiger partial charge on any atom is -0.450 e. The number of amides is 1. The maximum Gasteiger partial charge on any atom is 0.297 e. The Morgan fingerprint density at radius 3 is 2.62 bits per heavy atom. The number of fused-ring (bicyclic) bond motifs is 2. The van der Waals surface area contributed by atoms with Gasteiger partial charge in [-0.05, 0) is 24.3 Å². The zero-order valence-corrected chi connectivity index (χ0v) is 14.1. The second-order valence-corrected chi connectivity index (χ2v) is 6.69. The number of carbonyl (C=O) groups is 1. The molecule has 4 heterocycles. The molecule has 0 unspecified atom stereocenters. The highest BCUT2D eigenvalue weighted by molar-refractivity contribution is 7.13. The van der Waals surface area contributed by atoms with E-state index in [0.29, 0.717) is 27.4 Å². The third-order valence-electron chi connectivity index (χ3n) is 4.37. The first-order valence-electron chi connectivity index (χ1n) is 7.95. The van der Waals surface area contributed by atoms with Crippen molar-refractivity contribution in [2.24, 2.45) is 0 Å². The van der Waals surface area contributed by atoms with Crippen molar-refractivity contribution in [2.45, 2.75) is 6.04 Å². The molecule has 0 fully saturated rings. The molecule has 0 radical (unpaired) electrons. The van der Waals surface area contributed by atoms with Gasteiger partial charge < -0.3 is 4.42 Å². The van der Waals surface area contributed by atoms with Crippen LogP contribution in [0.15, 0.2) is 69.5 Å². The molecule has 0 bridgehead atoms. The molecule has 1 amide bonds. The Hall–Kier alpha value is -3.32. The molecule has 7 heteroatoms. The van der Waals surface area contributed by atoms with Crippen LogP contribution < -0.4 is 10.3 Å². The van der Waals surface area contributed by atoms with E-state index in [-0.39, 0.29) is 17.1 Å². The van der Waals surface area contributed by atoms with Crippen molar-refractivity contribution in [2.75, 3.05) is 4.90 Å². The maximum atomic E-state index is 13.2. The summed E-state index contributed by atoms with van der Waals surface area (Å²) >= 11 is 1.33. The molecule has 0 N–H and O–H groups in total. The van der Waals surface area contributed by atoms with Gasteiger partial charge >= 0.3 is 0 Å². The van der Waals surface area contributed by atoms with Crippen LogP contribution in [0.4, 0.5) is 5.13 Å². The smallest absolute Gasteiger partial charge is 0.297 e. The summed E-state index contributed by atoms with van der Waals surface area (Å²) in [5.41, 5.74) is 1.08. The number of aromatic nitrogens is 2. The van der Waals surface area contributed by atoms with Gasteiger partial charge in [0.05, 0.1) is 16.6 Å². The summed E-state index contributed by atoms with van der Waals surface area (Å²) < 4.78 is 5.84. The van der Waals surface area contributed by atoms with Crippen LogP contribution in [0.5, 0.6) is 0 Å². The van der Waals surface area contributed by atoms with E-state index in [0.717, 1.165) is 0 Å². The number of anilines is 1. The molecule has 0 aliphatic carbocycles. The lowest BCUT2D eigenvalue weighted by molar-refractivity contribution is 0.0970. The minimum absolute atomic E-state index is 0.0551. The molecule has 0 spiro atoms. The Labute approximate surface area is 151 Å². The number of nitrogens with zero attached hydrogens (tertiary/aromatic N) is 3. The summed E-state index contributed by atoms with van der Waals surface area (Å²) in [5, 5.41) is 2.73. The normalized spacial score (nSPS) is 16.2. The summed E-state index contributed by atoms with van der Waals surface area (Å²) in [6.07, 6.45) is 3.26. The van der Waals surface area contributed by atoms with Crippen molar-refractivity contribution in [3.63, 3.8) is 0 Å². The Morgan fingerprint density at radius 2 is 1.85 bits per heavy atom. The van der Waals surface area contributed by atoms with E-state index in [2.05, 4.69) is 9.97 Å². The quantitative estimate of drug-likeness (QED) is 0.547. The molecular formula is C19H11N3O3S. The lowest BCUT2D eigenvalue weighted by Gasteiger charge is -2.21. The molecular weight excluding hydrogens is 350 g/mol. The average molecular weight is 361 g/mol. The van der Waals surface area contributed by atoms with E-state index >= 15 is 0 Å². The first-order chi connectivity index (χ1) is 12.8. The van der Waals surface area contributed by atoms with Gasteiger partial charge in [0.1, 0.15) is 11.6 Å². The van der Waals surface area contributed by atoms with E-state index in [1.54, 1.807) is 54.2 Å². The van der Waals surface area contributed by atoms with Crippen molar-refractivity contribution < 1.29 is 9.21 Å². The largest absolute Gasteiger partial charge is 0.450 e. The van der Waals surface area contributed by atoms with Gasteiger partial charge in [-0.3, -0.25) is 19.5 Å². The number of para-hydroxylation sites is 1. The van der Waals surface area contributed by atoms with Crippen molar-refractivity contribution in [3.05, 3.63) is 87.5 Å². The molecule has 1 aromatic carbocycles. The molecule has 1 aliphatic rings. The predicted molar refractivity (Wildman–Crippen MR) is 97.5 cm³/mol. The van der Waals surface area contributed by atoms with Crippen molar-refractivity contribution in [1.29, 1.82) is 0 Å². The highest BCUT2D eigenvalue weighted by Gasteiger charge is 2.45. The van der Waals surface area contributed by atoms with Crippen molar-refractivity contribution in [1.82, 2.24) is 9.97 Å². The fourth-order valence-electron chi connectivity index (χ4n) is 3.27. The maximum absolute atomic E-state index is 13.2. The molecule has 5 rings (SSSR count). The van der Waals surface area contributed by atoms with E-state index < -0.39 is 6.04 Å². The first-order valence-corrected chi connectivity index (χ1v) is 8.83. The molecule has 126 valence electrons. The van der Waals surface area contributed by atoms with Crippen molar-refractivity contribution >= 4 is 33.3 Å². The Kier molecular flexibility index (Phi) is 3.23. The minimum atomic E-state index is -0.661. The van der Waals surface area contributed by atoms with E-state index in [9.17, 15) is 9.59 Å². The molecule has 4 aromatic rings. The number of rotatable bonds is 2. The van der Waals surface area contributed by atoms with E-state index in [1.807, 2.05) is 6.07 Å². The third-order valence-corrected chi connectivity index (χ3v) is 5.14. The van der Waals surface area contributed by atoms with Crippen LogP contribution in [0.3, 0.4) is 0 Å². The summed E-state index contributed by atoms with van der Waals surface area (Å²) in [7, 11) is 0. The van der Waals surface area contributed by atoms with Gasteiger partial charge in [0.2, 0.25) is 5.76 Å². The summed E-state index contributed by atoms with van der Waals surface area (Å²) in [6.45, 7) is 0. The molecule has 1 atom stereocenters. The number of hydrogen-bond donors (Lipinski definition) is 0. The Bertz CT molecular complexity index is 1190. The summed E-state index contributed by atoms with van der Waals surface area (Å²) in [4.78, 5) is 36.4. The van der Waals surface area contributed by atoms with Crippen LogP contribution in [0.25, 0.3) is 11.0 Å². The predicted octanol–water partition coefficient (Wildman–Crippen LogP) is 3.39. The standard InChI is InChI=1S/C19H11N3O3S/c23-16-11-5-1-2-7-13(11)25-17-14(16)15(12-6-3-4-8-20-12)22(18(17)24)19-21-9-10-26-19/h1-10,15H/t15-/m0/s1. The highest BCUT2D eigenvalue weighted by Crippen LogP contribution is 2.40. The first kappa shape index (κ1) is 15.0. The highest BCUT2D eigenvalue weighted by atomic mass is 32.1. The van der Waals surface area contributed by atoms with Gasteiger partial charge in [-0.2, -0.15) is 0 Å². The van der Waals surface area contributed by atoms with E-state index in [1.165, 1.54) is 16.2 Å². The Balaban J connectivity index is 1.85. The fourth-order valence-corrected chi connectivity index (χ4v) is 3.94. The molecule has 26 heavy (non-hydrogen) atoms. The third kappa shape index (κ3) is 2.04. The average Bonchev–Trinajstić information content (AvgIpc) is 3.30.